The van der Waals surface area contributed by atoms with Crippen molar-refractivity contribution >= 4 is 0 Å². The summed E-state index contributed by atoms with van der Waals surface area (Å²) in [7, 11) is 0. The Bertz CT molecular complexity index is 520. The van der Waals surface area contributed by atoms with Gasteiger partial charge < -0.3 is 9.47 Å². The fourth-order valence-electron chi connectivity index (χ4n) is 3.03. The molecule has 0 spiro atoms. The molecule has 3 heteroatoms. The number of rotatable bonds is 1. The van der Waals surface area contributed by atoms with Crippen molar-refractivity contribution in [2.75, 3.05) is 13.2 Å². The van der Waals surface area contributed by atoms with E-state index >= 15 is 0 Å². The van der Waals surface area contributed by atoms with Crippen LogP contribution in [0.4, 0.5) is 0 Å². The highest BCUT2D eigenvalue weighted by molar-refractivity contribution is 5.62. The summed E-state index contributed by atoms with van der Waals surface area (Å²) in [5.74, 6) is 1.99. The second-order valence-electron chi connectivity index (χ2n) is 5.11. The third-order valence-corrected chi connectivity index (χ3v) is 4.09. The van der Waals surface area contributed by atoms with Gasteiger partial charge in [0, 0.05) is 29.5 Å². The molecule has 1 saturated carbocycles. The molecule has 0 N–H and O–H groups in total. The number of nitrogens with zero attached hydrogens (tertiary/aromatic N) is 1. The maximum atomic E-state index is 9.43. The van der Waals surface area contributed by atoms with Gasteiger partial charge in [-0.1, -0.05) is 0 Å². The monoisotopic (exact) mass is 227 g/mol. The van der Waals surface area contributed by atoms with E-state index in [2.05, 4.69) is 12.1 Å². The summed E-state index contributed by atoms with van der Waals surface area (Å²) in [5, 5.41) is 9.43. The van der Waals surface area contributed by atoms with Crippen molar-refractivity contribution < 1.29 is 9.47 Å². The Hall–Kier alpha value is -1.69. The average molecular weight is 227 g/mol. The minimum absolute atomic E-state index is 0.270. The molecule has 1 aliphatic carbocycles. The molecule has 0 aromatic heterocycles. The maximum absolute atomic E-state index is 9.43. The van der Waals surface area contributed by atoms with Crippen molar-refractivity contribution in [1.29, 1.82) is 5.26 Å². The summed E-state index contributed by atoms with van der Waals surface area (Å²) in [6.07, 6.45) is 3.80. The van der Waals surface area contributed by atoms with Crippen LogP contribution in [0.25, 0.3) is 0 Å². The van der Waals surface area contributed by atoms with E-state index < -0.39 is 0 Å². The minimum Gasteiger partial charge on any atom is -0.493 e. The van der Waals surface area contributed by atoms with Crippen LogP contribution in [0.1, 0.15) is 29.5 Å². The van der Waals surface area contributed by atoms with Crippen molar-refractivity contribution in [3.63, 3.8) is 0 Å². The lowest BCUT2D eigenvalue weighted by atomic mass is 9.88. The molecule has 86 valence electrons. The normalized spacial score (nSPS) is 22.1. The van der Waals surface area contributed by atoms with Crippen LogP contribution in [0.3, 0.4) is 0 Å². The fourth-order valence-corrected chi connectivity index (χ4v) is 3.03. The molecule has 0 bridgehead atoms. The van der Waals surface area contributed by atoms with Gasteiger partial charge in [-0.25, -0.2) is 0 Å². The molecule has 2 heterocycles. The SMILES string of the molecule is N#CC1(c2c3c(cc4c2OCC4)OCC3)CC1. The third kappa shape index (κ3) is 1.10. The zero-order valence-electron chi connectivity index (χ0n) is 9.58. The van der Waals surface area contributed by atoms with Gasteiger partial charge in [-0.15, -0.1) is 0 Å². The van der Waals surface area contributed by atoms with Crippen LogP contribution in [0.2, 0.25) is 0 Å². The number of nitriles is 1. The van der Waals surface area contributed by atoms with E-state index in [4.69, 9.17) is 9.47 Å². The minimum atomic E-state index is -0.270. The molecule has 1 aromatic carbocycles. The predicted octanol–water partition coefficient (Wildman–Crippen LogP) is 2.11. The molecule has 17 heavy (non-hydrogen) atoms. The second kappa shape index (κ2) is 2.95. The highest BCUT2D eigenvalue weighted by atomic mass is 16.5. The highest BCUT2D eigenvalue weighted by Crippen LogP contribution is 2.56. The van der Waals surface area contributed by atoms with Gasteiger partial charge in [0.2, 0.25) is 0 Å². The first-order valence-electron chi connectivity index (χ1n) is 6.20. The first kappa shape index (κ1) is 9.35. The number of hydrogen-bond acceptors (Lipinski definition) is 3. The van der Waals surface area contributed by atoms with Crippen LogP contribution in [0.5, 0.6) is 11.5 Å². The molecule has 0 radical (unpaired) electrons. The molecule has 0 saturated heterocycles. The van der Waals surface area contributed by atoms with Crippen LogP contribution in [-0.4, -0.2) is 13.2 Å². The van der Waals surface area contributed by atoms with E-state index in [1.807, 2.05) is 0 Å². The Balaban J connectivity index is 2.02. The third-order valence-electron chi connectivity index (χ3n) is 4.09. The number of hydrogen-bond donors (Lipinski definition) is 0. The predicted molar refractivity (Wildman–Crippen MR) is 61.4 cm³/mol. The maximum Gasteiger partial charge on any atom is 0.127 e. The molecule has 2 aliphatic heterocycles. The molecule has 1 aromatic rings. The molecule has 3 nitrogen and oxygen atoms in total. The van der Waals surface area contributed by atoms with Crippen LogP contribution in [0, 0.1) is 11.3 Å². The number of benzene rings is 1. The van der Waals surface area contributed by atoms with Crippen molar-refractivity contribution in [2.45, 2.75) is 31.1 Å². The van der Waals surface area contributed by atoms with Crippen molar-refractivity contribution in [3.8, 4) is 17.6 Å². The standard InChI is InChI=1S/C14H13NO2/c15-8-14(3-4-14)12-10-2-6-16-11(10)7-9-1-5-17-13(9)12/h7H,1-6H2. The van der Waals surface area contributed by atoms with E-state index in [9.17, 15) is 5.26 Å². The van der Waals surface area contributed by atoms with E-state index in [1.54, 1.807) is 0 Å². The Morgan fingerprint density at radius 2 is 2.00 bits per heavy atom. The van der Waals surface area contributed by atoms with E-state index in [1.165, 1.54) is 11.1 Å². The summed E-state index contributed by atoms with van der Waals surface area (Å²) in [4.78, 5) is 0. The molecule has 1 fully saturated rings. The Labute approximate surface area is 100.0 Å². The molecule has 0 unspecified atom stereocenters. The zero-order valence-corrected chi connectivity index (χ0v) is 9.58. The van der Waals surface area contributed by atoms with Crippen LogP contribution in [0.15, 0.2) is 6.07 Å². The topological polar surface area (TPSA) is 42.2 Å². The summed E-state index contributed by atoms with van der Waals surface area (Å²) >= 11 is 0. The summed E-state index contributed by atoms with van der Waals surface area (Å²) in [5.41, 5.74) is 3.34. The highest BCUT2D eigenvalue weighted by Gasteiger charge is 2.50. The van der Waals surface area contributed by atoms with Gasteiger partial charge in [0.05, 0.1) is 24.7 Å². The Kier molecular flexibility index (Phi) is 1.62. The van der Waals surface area contributed by atoms with Gasteiger partial charge in [-0.3, -0.25) is 0 Å². The molecule has 0 atom stereocenters. The van der Waals surface area contributed by atoms with Crippen LogP contribution < -0.4 is 9.47 Å². The first-order chi connectivity index (χ1) is 8.34. The van der Waals surface area contributed by atoms with Gasteiger partial charge in [-0.2, -0.15) is 5.26 Å². The summed E-state index contributed by atoms with van der Waals surface area (Å²) in [6, 6.07) is 4.61. The van der Waals surface area contributed by atoms with Gasteiger partial charge in [0.15, 0.2) is 0 Å². The average Bonchev–Trinajstić information content (AvgIpc) is 2.77. The molecule has 4 rings (SSSR count). The lowest BCUT2D eigenvalue weighted by Gasteiger charge is -2.16. The van der Waals surface area contributed by atoms with Crippen molar-refractivity contribution in [2.24, 2.45) is 0 Å². The zero-order chi connectivity index (χ0) is 11.5. The molecule has 0 amide bonds. The number of fused-ring (bicyclic) bond motifs is 2. The van der Waals surface area contributed by atoms with E-state index in [0.29, 0.717) is 0 Å². The van der Waals surface area contributed by atoms with E-state index in [0.717, 1.165) is 56.0 Å². The van der Waals surface area contributed by atoms with Gasteiger partial charge in [0.1, 0.15) is 11.5 Å². The van der Waals surface area contributed by atoms with E-state index in [-0.39, 0.29) is 5.41 Å². The molecular formula is C14H13NO2. The lowest BCUT2D eigenvalue weighted by Crippen LogP contribution is -2.08. The Morgan fingerprint density at radius 1 is 1.18 bits per heavy atom. The van der Waals surface area contributed by atoms with Crippen molar-refractivity contribution in [3.05, 3.63) is 22.8 Å². The molecular weight excluding hydrogens is 214 g/mol. The quantitative estimate of drug-likeness (QED) is 0.738. The summed E-state index contributed by atoms with van der Waals surface area (Å²) in [6.45, 7) is 1.49. The molecule has 3 aliphatic rings. The van der Waals surface area contributed by atoms with Gasteiger partial charge in [-0.05, 0) is 18.9 Å². The second-order valence-corrected chi connectivity index (χ2v) is 5.11. The summed E-state index contributed by atoms with van der Waals surface area (Å²) < 4.78 is 11.4. The van der Waals surface area contributed by atoms with Crippen LogP contribution >= 0.6 is 0 Å². The van der Waals surface area contributed by atoms with Gasteiger partial charge >= 0.3 is 0 Å². The fraction of sp³-hybridized carbons (Fsp3) is 0.500. The smallest absolute Gasteiger partial charge is 0.127 e. The van der Waals surface area contributed by atoms with Gasteiger partial charge in [0.25, 0.3) is 0 Å². The largest absolute Gasteiger partial charge is 0.493 e. The van der Waals surface area contributed by atoms with Crippen molar-refractivity contribution in [1.82, 2.24) is 0 Å². The number of ether oxygens (including phenoxy) is 2. The lowest BCUT2D eigenvalue weighted by molar-refractivity contribution is 0.351. The Morgan fingerprint density at radius 3 is 2.76 bits per heavy atom. The van der Waals surface area contributed by atoms with Crippen LogP contribution in [-0.2, 0) is 18.3 Å². The first-order valence-corrected chi connectivity index (χ1v) is 6.20.